The first kappa shape index (κ1) is 19.2. The maximum absolute atomic E-state index is 6.17. The summed E-state index contributed by atoms with van der Waals surface area (Å²) in [6.45, 7) is 8.93. The molecule has 1 aromatic heterocycles. The molecule has 3 rings (SSSR count). The molecule has 1 aliphatic rings. The van der Waals surface area contributed by atoms with Crippen LogP contribution in [0.5, 0.6) is 11.5 Å². The van der Waals surface area contributed by atoms with E-state index in [1.54, 1.807) is 18.4 Å². The Balaban J connectivity index is 1.65. The minimum absolute atomic E-state index is 0.532. The van der Waals surface area contributed by atoms with Crippen molar-refractivity contribution in [2.45, 2.75) is 32.6 Å². The highest BCUT2D eigenvalue weighted by molar-refractivity contribution is 7.07. The second-order valence-electron chi connectivity index (χ2n) is 7.47. The van der Waals surface area contributed by atoms with Gasteiger partial charge in [-0.15, -0.1) is 0 Å². The second kappa shape index (κ2) is 9.43. The third-order valence-electron chi connectivity index (χ3n) is 5.58. The van der Waals surface area contributed by atoms with Crippen molar-refractivity contribution in [2.75, 3.05) is 33.4 Å². The Bertz CT molecular complexity index is 641. The van der Waals surface area contributed by atoms with Crippen LogP contribution >= 0.6 is 11.3 Å². The third-order valence-corrected chi connectivity index (χ3v) is 6.28. The largest absolute Gasteiger partial charge is 0.497 e. The van der Waals surface area contributed by atoms with Gasteiger partial charge in [-0.05, 0) is 71.5 Å². The summed E-state index contributed by atoms with van der Waals surface area (Å²) >= 11 is 1.80. The fraction of sp³-hybridized carbons (Fsp3) is 0.545. The number of hydrogen-bond acceptors (Lipinski definition) is 4. The van der Waals surface area contributed by atoms with Gasteiger partial charge in [0.25, 0.3) is 0 Å². The van der Waals surface area contributed by atoms with Crippen molar-refractivity contribution in [2.24, 2.45) is 11.8 Å². The summed E-state index contributed by atoms with van der Waals surface area (Å²) in [7, 11) is 1.69. The monoisotopic (exact) mass is 373 g/mol. The molecule has 2 heterocycles. The molecule has 2 aromatic rings. The van der Waals surface area contributed by atoms with Crippen LogP contribution in [0, 0.1) is 11.8 Å². The maximum Gasteiger partial charge on any atom is 0.119 e. The quantitative estimate of drug-likeness (QED) is 0.628. The lowest BCUT2D eigenvalue weighted by molar-refractivity contribution is 0.1000. The van der Waals surface area contributed by atoms with Gasteiger partial charge in [0.1, 0.15) is 11.5 Å². The molecule has 0 radical (unpaired) electrons. The van der Waals surface area contributed by atoms with Crippen LogP contribution in [0.1, 0.15) is 38.2 Å². The molecule has 3 nitrogen and oxygen atoms in total. The van der Waals surface area contributed by atoms with E-state index in [1.165, 1.54) is 31.5 Å². The van der Waals surface area contributed by atoms with Crippen LogP contribution in [-0.4, -0.2) is 38.3 Å². The average Bonchev–Trinajstić information content (AvgIpc) is 3.21. The number of thiophene rings is 1. The first-order chi connectivity index (χ1) is 12.7. The number of rotatable bonds is 8. The minimum atomic E-state index is 0.532. The van der Waals surface area contributed by atoms with Gasteiger partial charge in [-0.2, -0.15) is 11.3 Å². The molecule has 0 amide bonds. The van der Waals surface area contributed by atoms with Gasteiger partial charge in [-0.3, -0.25) is 0 Å². The minimum Gasteiger partial charge on any atom is -0.497 e. The predicted octanol–water partition coefficient (Wildman–Crippen LogP) is 5.29. The normalized spacial score (nSPS) is 22.1. The van der Waals surface area contributed by atoms with Crippen molar-refractivity contribution in [1.82, 2.24) is 4.90 Å². The Labute approximate surface area is 161 Å². The smallest absolute Gasteiger partial charge is 0.119 e. The van der Waals surface area contributed by atoms with Gasteiger partial charge in [0.2, 0.25) is 0 Å². The van der Waals surface area contributed by atoms with Crippen LogP contribution in [-0.2, 0) is 0 Å². The van der Waals surface area contributed by atoms with Gasteiger partial charge in [-0.1, -0.05) is 20.3 Å². The molecule has 0 spiro atoms. The molecule has 0 aliphatic carbocycles. The van der Waals surface area contributed by atoms with Crippen LogP contribution in [0.4, 0.5) is 0 Å². The lowest BCUT2D eigenvalue weighted by atomic mass is 9.81. The summed E-state index contributed by atoms with van der Waals surface area (Å²) < 4.78 is 11.4. The Hall–Kier alpha value is -1.52. The number of nitrogens with zero attached hydrogens (tertiary/aromatic N) is 1. The zero-order chi connectivity index (χ0) is 18.4. The number of likely N-dealkylation sites (tertiary alicyclic amines) is 1. The maximum atomic E-state index is 6.17. The molecular weight excluding hydrogens is 342 g/mol. The van der Waals surface area contributed by atoms with Crippen molar-refractivity contribution in [1.29, 1.82) is 0 Å². The topological polar surface area (TPSA) is 21.7 Å². The molecule has 1 aliphatic heterocycles. The lowest BCUT2D eigenvalue weighted by Gasteiger charge is -2.39. The first-order valence-electron chi connectivity index (χ1n) is 9.71. The number of benzene rings is 1. The Morgan fingerprint density at radius 2 is 1.96 bits per heavy atom. The fourth-order valence-corrected chi connectivity index (χ4v) is 4.54. The molecule has 1 unspecified atom stereocenters. The SMILES string of the molecule is CCC(C)CN1CC[C@@H](c2ccsc2)[C@H](COc2ccc(OC)cc2)C1. The fourth-order valence-electron chi connectivity index (χ4n) is 3.81. The molecular formula is C22H31NO2S. The van der Waals surface area contributed by atoms with E-state index in [0.29, 0.717) is 11.8 Å². The van der Waals surface area contributed by atoms with Crippen LogP contribution < -0.4 is 9.47 Å². The highest BCUT2D eigenvalue weighted by atomic mass is 32.1. The third kappa shape index (κ3) is 5.01. The van der Waals surface area contributed by atoms with Crippen molar-refractivity contribution >= 4 is 11.3 Å². The molecule has 1 fully saturated rings. The van der Waals surface area contributed by atoms with Gasteiger partial charge in [0.05, 0.1) is 13.7 Å². The first-order valence-corrected chi connectivity index (χ1v) is 10.6. The molecule has 4 heteroatoms. The summed E-state index contributed by atoms with van der Waals surface area (Å²) in [5, 5.41) is 4.51. The van der Waals surface area contributed by atoms with Gasteiger partial charge in [0.15, 0.2) is 0 Å². The summed E-state index contributed by atoms with van der Waals surface area (Å²) in [6.07, 6.45) is 2.47. The van der Waals surface area contributed by atoms with E-state index in [1.807, 2.05) is 24.3 Å². The summed E-state index contributed by atoms with van der Waals surface area (Å²) in [5.41, 5.74) is 1.49. The van der Waals surface area contributed by atoms with E-state index in [2.05, 4.69) is 35.6 Å². The van der Waals surface area contributed by atoms with Crippen molar-refractivity contribution in [3.63, 3.8) is 0 Å². The van der Waals surface area contributed by atoms with E-state index in [4.69, 9.17) is 9.47 Å². The van der Waals surface area contributed by atoms with Gasteiger partial charge in [0, 0.05) is 19.0 Å². The average molecular weight is 374 g/mol. The number of piperidine rings is 1. The number of ether oxygens (including phenoxy) is 2. The highest BCUT2D eigenvalue weighted by Crippen LogP contribution is 2.35. The second-order valence-corrected chi connectivity index (χ2v) is 8.25. The van der Waals surface area contributed by atoms with Gasteiger partial charge in [-0.25, -0.2) is 0 Å². The summed E-state index contributed by atoms with van der Waals surface area (Å²) in [6, 6.07) is 10.2. The van der Waals surface area contributed by atoms with E-state index in [-0.39, 0.29) is 0 Å². The predicted molar refractivity (Wildman–Crippen MR) is 110 cm³/mol. The van der Waals surface area contributed by atoms with E-state index in [9.17, 15) is 0 Å². The highest BCUT2D eigenvalue weighted by Gasteiger charge is 2.31. The zero-order valence-electron chi connectivity index (χ0n) is 16.2. The molecule has 0 bridgehead atoms. The Kier molecular flexibility index (Phi) is 6.98. The Morgan fingerprint density at radius 1 is 1.19 bits per heavy atom. The number of hydrogen-bond donors (Lipinski definition) is 0. The van der Waals surface area contributed by atoms with Crippen LogP contribution in [0.3, 0.4) is 0 Å². The van der Waals surface area contributed by atoms with Crippen molar-refractivity contribution < 1.29 is 9.47 Å². The molecule has 1 aromatic carbocycles. The molecule has 3 atom stereocenters. The standard InChI is InChI=1S/C22H31NO2S/c1-4-17(2)13-23-11-9-22(18-10-12-26-16-18)19(14-23)15-25-21-7-5-20(24-3)6-8-21/h5-8,10,12,16-17,19,22H,4,9,11,13-15H2,1-3H3/t17?,19-,22-/m0/s1. The van der Waals surface area contributed by atoms with E-state index in [0.717, 1.165) is 30.6 Å². The van der Waals surface area contributed by atoms with E-state index >= 15 is 0 Å². The van der Waals surface area contributed by atoms with Crippen LogP contribution in [0.2, 0.25) is 0 Å². The van der Waals surface area contributed by atoms with Crippen molar-refractivity contribution in [3.05, 3.63) is 46.7 Å². The molecule has 142 valence electrons. The lowest BCUT2D eigenvalue weighted by Crippen LogP contribution is -2.43. The molecule has 0 N–H and O–H groups in total. The number of methoxy groups -OCH3 is 1. The molecule has 1 saturated heterocycles. The molecule has 0 saturated carbocycles. The van der Waals surface area contributed by atoms with Crippen LogP contribution in [0.15, 0.2) is 41.1 Å². The molecule has 26 heavy (non-hydrogen) atoms. The zero-order valence-corrected chi connectivity index (χ0v) is 17.0. The summed E-state index contributed by atoms with van der Waals surface area (Å²) in [5.74, 6) is 3.69. The Morgan fingerprint density at radius 3 is 2.62 bits per heavy atom. The summed E-state index contributed by atoms with van der Waals surface area (Å²) in [4.78, 5) is 2.64. The van der Waals surface area contributed by atoms with E-state index < -0.39 is 0 Å². The van der Waals surface area contributed by atoms with Gasteiger partial charge >= 0.3 is 0 Å². The van der Waals surface area contributed by atoms with Crippen LogP contribution in [0.25, 0.3) is 0 Å². The van der Waals surface area contributed by atoms with Gasteiger partial charge < -0.3 is 14.4 Å². The van der Waals surface area contributed by atoms with Crippen molar-refractivity contribution in [3.8, 4) is 11.5 Å².